The summed E-state index contributed by atoms with van der Waals surface area (Å²) in [5.74, 6) is -0.156. The number of ketones is 1. The summed E-state index contributed by atoms with van der Waals surface area (Å²) in [6, 6.07) is 12.4. The summed E-state index contributed by atoms with van der Waals surface area (Å²) in [5, 5.41) is 0. The quantitative estimate of drug-likeness (QED) is 0.675. The van der Waals surface area contributed by atoms with Crippen LogP contribution >= 0.6 is 0 Å². The summed E-state index contributed by atoms with van der Waals surface area (Å²) >= 11 is 0. The largest absolute Gasteiger partial charge is 0.369 e. The second-order valence-electron chi connectivity index (χ2n) is 7.13. The molecule has 3 nitrogen and oxygen atoms in total. The van der Waals surface area contributed by atoms with Crippen molar-refractivity contribution >= 4 is 5.78 Å². The number of rotatable bonds is 7. The van der Waals surface area contributed by atoms with Crippen molar-refractivity contribution in [1.82, 2.24) is 4.90 Å². The maximum atomic E-state index is 13.3. The van der Waals surface area contributed by atoms with E-state index in [1.807, 2.05) is 6.92 Å². The molecule has 0 spiro atoms. The topological polar surface area (TPSA) is 29.5 Å². The molecule has 1 aliphatic heterocycles. The molecule has 0 amide bonds. The van der Waals surface area contributed by atoms with Crippen LogP contribution in [0.1, 0.15) is 37.0 Å². The number of ether oxygens (including phenoxy) is 1. The smallest absolute Gasteiger partial charge is 0.138 e. The molecular weight excluding hydrogens is 348 g/mol. The van der Waals surface area contributed by atoms with Gasteiger partial charge in [0, 0.05) is 38.6 Å². The zero-order chi connectivity index (χ0) is 19.2. The van der Waals surface area contributed by atoms with Gasteiger partial charge >= 0.3 is 0 Å². The molecule has 0 aliphatic carbocycles. The van der Waals surface area contributed by atoms with Gasteiger partial charge in [0.05, 0.1) is 0 Å². The molecule has 0 bridgehead atoms. The Kier molecular flexibility index (Phi) is 6.69. The number of benzene rings is 2. The fourth-order valence-electron chi connectivity index (χ4n) is 3.45. The minimum absolute atomic E-state index is 0.103. The molecular formula is C22H25F2NO2. The Balaban J connectivity index is 1.59. The van der Waals surface area contributed by atoms with Gasteiger partial charge in [-0.3, -0.25) is 4.79 Å². The first-order valence-electron chi connectivity index (χ1n) is 9.40. The lowest BCUT2D eigenvalue weighted by Gasteiger charge is -2.30. The standard InChI is InChI=1S/C22H25F2NO2/c1-16-15-25(13-11-21(16)26)12-2-14-27-22(17-3-7-19(23)8-4-17)18-5-9-20(24)10-6-18/h3-10,16,22H,2,11-15H2,1H3. The number of hydrogen-bond acceptors (Lipinski definition) is 3. The van der Waals surface area contributed by atoms with Crippen molar-refractivity contribution in [3.63, 3.8) is 0 Å². The van der Waals surface area contributed by atoms with Crippen LogP contribution in [-0.4, -0.2) is 36.9 Å². The van der Waals surface area contributed by atoms with Crippen molar-refractivity contribution in [3.05, 3.63) is 71.3 Å². The third-order valence-corrected chi connectivity index (χ3v) is 5.00. The SMILES string of the molecule is CC1CN(CCCOC(c2ccc(F)cc2)c2ccc(F)cc2)CCC1=O. The van der Waals surface area contributed by atoms with Crippen molar-refractivity contribution < 1.29 is 18.3 Å². The van der Waals surface area contributed by atoms with Crippen LogP contribution in [0.15, 0.2) is 48.5 Å². The zero-order valence-electron chi connectivity index (χ0n) is 15.5. The highest BCUT2D eigenvalue weighted by atomic mass is 19.1. The van der Waals surface area contributed by atoms with Crippen LogP contribution in [0, 0.1) is 17.6 Å². The minimum atomic E-state index is -0.368. The van der Waals surface area contributed by atoms with Gasteiger partial charge in [-0.2, -0.15) is 0 Å². The fourth-order valence-corrected chi connectivity index (χ4v) is 3.45. The molecule has 144 valence electrons. The monoisotopic (exact) mass is 373 g/mol. The summed E-state index contributed by atoms with van der Waals surface area (Å²) in [7, 11) is 0. The summed E-state index contributed by atoms with van der Waals surface area (Å²) in [6.07, 6.45) is 1.09. The van der Waals surface area contributed by atoms with Gasteiger partial charge in [0.1, 0.15) is 23.5 Å². The van der Waals surface area contributed by atoms with Gasteiger partial charge in [-0.15, -0.1) is 0 Å². The van der Waals surface area contributed by atoms with Gasteiger partial charge in [-0.1, -0.05) is 31.2 Å². The number of carbonyl (C=O) groups excluding carboxylic acids is 1. The highest BCUT2D eigenvalue weighted by Crippen LogP contribution is 2.27. The number of halogens is 2. The number of nitrogens with zero attached hydrogens (tertiary/aromatic N) is 1. The van der Waals surface area contributed by atoms with E-state index in [9.17, 15) is 13.6 Å². The molecule has 1 atom stereocenters. The lowest BCUT2D eigenvalue weighted by Crippen LogP contribution is -2.40. The first-order chi connectivity index (χ1) is 13.0. The number of likely N-dealkylation sites (tertiary alicyclic amines) is 1. The van der Waals surface area contributed by atoms with Crippen LogP contribution in [0.2, 0.25) is 0 Å². The van der Waals surface area contributed by atoms with Crippen molar-refractivity contribution in [1.29, 1.82) is 0 Å². The maximum Gasteiger partial charge on any atom is 0.138 e. The van der Waals surface area contributed by atoms with Crippen LogP contribution in [0.3, 0.4) is 0 Å². The Morgan fingerprint density at radius 2 is 1.59 bits per heavy atom. The Hall–Kier alpha value is -2.11. The second-order valence-corrected chi connectivity index (χ2v) is 7.13. The van der Waals surface area contributed by atoms with Crippen LogP contribution in [0.5, 0.6) is 0 Å². The van der Waals surface area contributed by atoms with Crippen molar-refractivity contribution in [3.8, 4) is 0 Å². The second kappa shape index (κ2) is 9.20. The summed E-state index contributed by atoms with van der Waals surface area (Å²) in [6.45, 7) is 4.99. The average Bonchev–Trinajstić information content (AvgIpc) is 2.67. The molecule has 5 heteroatoms. The summed E-state index contributed by atoms with van der Waals surface area (Å²) < 4.78 is 32.6. The van der Waals surface area contributed by atoms with E-state index in [0.29, 0.717) is 18.8 Å². The number of piperidine rings is 1. The van der Waals surface area contributed by atoms with E-state index < -0.39 is 0 Å². The third-order valence-electron chi connectivity index (χ3n) is 5.00. The van der Waals surface area contributed by atoms with E-state index in [-0.39, 0.29) is 23.7 Å². The van der Waals surface area contributed by atoms with Gasteiger partial charge in [0.25, 0.3) is 0 Å². The molecule has 1 fully saturated rings. The van der Waals surface area contributed by atoms with Crippen molar-refractivity contribution in [2.45, 2.75) is 25.9 Å². The summed E-state index contributed by atoms with van der Waals surface area (Å²) in [5.41, 5.74) is 1.67. The van der Waals surface area contributed by atoms with E-state index in [2.05, 4.69) is 4.90 Å². The number of Topliss-reactive ketones (excluding diaryl/α,β-unsaturated/α-hetero) is 1. The molecule has 2 aromatic carbocycles. The van der Waals surface area contributed by atoms with E-state index in [1.54, 1.807) is 24.3 Å². The first kappa shape index (κ1) is 19.6. The Morgan fingerprint density at radius 1 is 1.04 bits per heavy atom. The number of hydrogen-bond donors (Lipinski definition) is 0. The Labute approximate surface area is 158 Å². The zero-order valence-corrected chi connectivity index (χ0v) is 15.5. The lowest BCUT2D eigenvalue weighted by atomic mass is 9.98. The molecule has 1 heterocycles. The van der Waals surface area contributed by atoms with Gasteiger partial charge in [-0.25, -0.2) is 8.78 Å². The van der Waals surface area contributed by atoms with Crippen molar-refractivity contribution in [2.75, 3.05) is 26.2 Å². The van der Waals surface area contributed by atoms with Crippen molar-refractivity contribution in [2.24, 2.45) is 5.92 Å². The fraction of sp³-hybridized carbons (Fsp3) is 0.409. The van der Waals surface area contributed by atoms with Crippen LogP contribution in [-0.2, 0) is 9.53 Å². The predicted molar refractivity (Wildman–Crippen MR) is 100 cm³/mol. The summed E-state index contributed by atoms with van der Waals surface area (Å²) in [4.78, 5) is 13.9. The minimum Gasteiger partial charge on any atom is -0.369 e. The molecule has 27 heavy (non-hydrogen) atoms. The van der Waals surface area contributed by atoms with E-state index >= 15 is 0 Å². The van der Waals surface area contributed by atoms with Gasteiger partial charge in [0.2, 0.25) is 0 Å². The lowest BCUT2D eigenvalue weighted by molar-refractivity contribution is -0.125. The number of carbonyl (C=O) groups is 1. The normalized spacial score (nSPS) is 18.2. The van der Waals surface area contributed by atoms with Gasteiger partial charge < -0.3 is 9.64 Å². The van der Waals surface area contributed by atoms with Crippen LogP contribution in [0.4, 0.5) is 8.78 Å². The Bertz CT molecular complexity index is 700. The molecule has 1 unspecified atom stereocenters. The molecule has 2 aromatic rings. The Morgan fingerprint density at radius 3 is 2.11 bits per heavy atom. The highest BCUT2D eigenvalue weighted by molar-refractivity contribution is 5.81. The highest BCUT2D eigenvalue weighted by Gasteiger charge is 2.23. The van der Waals surface area contributed by atoms with Gasteiger partial charge in [0.15, 0.2) is 0 Å². The van der Waals surface area contributed by atoms with Crippen LogP contribution < -0.4 is 0 Å². The average molecular weight is 373 g/mol. The molecule has 1 aliphatic rings. The molecule has 0 aromatic heterocycles. The van der Waals surface area contributed by atoms with Gasteiger partial charge in [-0.05, 0) is 41.8 Å². The molecule has 0 N–H and O–H groups in total. The maximum absolute atomic E-state index is 13.3. The third kappa shape index (κ3) is 5.44. The molecule has 0 radical (unpaired) electrons. The predicted octanol–water partition coefficient (Wildman–Crippen LogP) is 4.37. The molecule has 1 saturated heterocycles. The van der Waals surface area contributed by atoms with E-state index in [1.165, 1.54) is 24.3 Å². The molecule has 0 saturated carbocycles. The van der Waals surface area contributed by atoms with E-state index in [0.717, 1.165) is 37.2 Å². The first-order valence-corrected chi connectivity index (χ1v) is 9.40. The van der Waals surface area contributed by atoms with E-state index in [4.69, 9.17) is 4.74 Å². The molecule has 3 rings (SSSR count). The van der Waals surface area contributed by atoms with Crippen LogP contribution in [0.25, 0.3) is 0 Å².